The van der Waals surface area contributed by atoms with Crippen molar-refractivity contribution in [2.75, 3.05) is 11.9 Å². The summed E-state index contributed by atoms with van der Waals surface area (Å²) in [5, 5.41) is 2.86. The van der Waals surface area contributed by atoms with Gasteiger partial charge in [-0.2, -0.15) is 4.98 Å². The zero-order valence-corrected chi connectivity index (χ0v) is 10.4. The second kappa shape index (κ2) is 6.08. The minimum absolute atomic E-state index is 0.168. The van der Waals surface area contributed by atoms with E-state index in [4.69, 9.17) is 4.74 Å². The molecule has 1 aromatic heterocycles. The minimum atomic E-state index is -0.603. The first kappa shape index (κ1) is 13.2. The summed E-state index contributed by atoms with van der Waals surface area (Å²) in [7, 11) is 0. The van der Waals surface area contributed by atoms with E-state index in [9.17, 15) is 8.78 Å². The van der Waals surface area contributed by atoms with Crippen LogP contribution in [0.2, 0.25) is 0 Å². The van der Waals surface area contributed by atoms with Gasteiger partial charge in [0.25, 0.3) is 0 Å². The molecule has 1 heterocycles. The van der Waals surface area contributed by atoms with Crippen molar-refractivity contribution in [1.82, 2.24) is 9.97 Å². The van der Waals surface area contributed by atoms with Gasteiger partial charge in [-0.1, -0.05) is 6.07 Å². The number of benzene rings is 1. The molecule has 4 nitrogen and oxygen atoms in total. The molecule has 0 unspecified atom stereocenters. The molecule has 1 N–H and O–H groups in total. The number of anilines is 1. The highest BCUT2D eigenvalue weighted by Crippen LogP contribution is 2.12. The summed E-state index contributed by atoms with van der Waals surface area (Å²) < 4.78 is 31.4. The Morgan fingerprint density at radius 2 is 2.11 bits per heavy atom. The van der Waals surface area contributed by atoms with Crippen molar-refractivity contribution in [2.45, 2.75) is 13.5 Å². The van der Waals surface area contributed by atoms with Crippen molar-refractivity contribution in [3.8, 4) is 5.88 Å². The zero-order valence-electron chi connectivity index (χ0n) is 10.4. The second-order valence-electron chi connectivity index (χ2n) is 3.74. The zero-order chi connectivity index (χ0) is 13.7. The Hall–Kier alpha value is -2.24. The maximum atomic E-state index is 13.4. The number of hydrogen-bond donors (Lipinski definition) is 1. The van der Waals surface area contributed by atoms with E-state index >= 15 is 0 Å². The van der Waals surface area contributed by atoms with Crippen LogP contribution in [-0.2, 0) is 6.54 Å². The van der Waals surface area contributed by atoms with Crippen LogP contribution in [0.25, 0.3) is 0 Å². The van der Waals surface area contributed by atoms with E-state index < -0.39 is 11.6 Å². The third-order valence-electron chi connectivity index (χ3n) is 2.37. The van der Waals surface area contributed by atoms with Gasteiger partial charge >= 0.3 is 0 Å². The Bertz CT molecular complexity index is 563. The van der Waals surface area contributed by atoms with Gasteiger partial charge in [0.05, 0.1) is 6.61 Å². The third-order valence-corrected chi connectivity index (χ3v) is 2.37. The first-order chi connectivity index (χ1) is 9.19. The van der Waals surface area contributed by atoms with Gasteiger partial charge in [-0.3, -0.25) is 0 Å². The molecule has 100 valence electrons. The quantitative estimate of drug-likeness (QED) is 0.903. The van der Waals surface area contributed by atoms with Crippen LogP contribution in [0.1, 0.15) is 12.5 Å². The fraction of sp³-hybridized carbons (Fsp3) is 0.231. The Labute approximate surface area is 109 Å². The summed E-state index contributed by atoms with van der Waals surface area (Å²) in [5.41, 5.74) is 0.340. The van der Waals surface area contributed by atoms with E-state index in [0.29, 0.717) is 24.0 Å². The lowest BCUT2D eigenvalue weighted by molar-refractivity contribution is 0.326. The summed E-state index contributed by atoms with van der Waals surface area (Å²) in [5.74, 6) is -0.432. The van der Waals surface area contributed by atoms with E-state index in [1.54, 1.807) is 12.3 Å². The van der Waals surface area contributed by atoms with Gasteiger partial charge in [-0.15, -0.1) is 0 Å². The number of ether oxygens (including phenoxy) is 1. The maximum absolute atomic E-state index is 13.4. The Morgan fingerprint density at radius 1 is 1.26 bits per heavy atom. The molecule has 0 aliphatic carbocycles. The highest BCUT2D eigenvalue weighted by molar-refractivity contribution is 5.30. The molecule has 0 fully saturated rings. The van der Waals surface area contributed by atoms with E-state index in [1.165, 1.54) is 12.1 Å². The van der Waals surface area contributed by atoms with Crippen LogP contribution in [0.5, 0.6) is 5.88 Å². The first-order valence-corrected chi connectivity index (χ1v) is 5.82. The molecular formula is C13H13F2N3O. The normalized spacial score (nSPS) is 10.3. The number of rotatable bonds is 5. The molecule has 0 amide bonds. The van der Waals surface area contributed by atoms with Crippen LogP contribution < -0.4 is 10.1 Å². The van der Waals surface area contributed by atoms with E-state index in [1.807, 2.05) is 6.92 Å². The minimum Gasteiger partial charge on any atom is -0.478 e. The molecule has 0 bridgehead atoms. The Kier molecular flexibility index (Phi) is 4.22. The smallest absolute Gasteiger partial charge is 0.226 e. The molecule has 6 heteroatoms. The highest BCUT2D eigenvalue weighted by Gasteiger charge is 2.05. The average molecular weight is 265 g/mol. The topological polar surface area (TPSA) is 47.0 Å². The molecule has 2 rings (SSSR count). The van der Waals surface area contributed by atoms with Gasteiger partial charge in [-0.25, -0.2) is 13.8 Å². The summed E-state index contributed by atoms with van der Waals surface area (Å²) in [6, 6.07) is 5.06. The van der Waals surface area contributed by atoms with Crippen LogP contribution in [0.3, 0.4) is 0 Å². The van der Waals surface area contributed by atoms with Gasteiger partial charge < -0.3 is 10.1 Å². The number of hydrogen-bond acceptors (Lipinski definition) is 4. The van der Waals surface area contributed by atoms with Crippen molar-refractivity contribution in [2.24, 2.45) is 0 Å². The van der Waals surface area contributed by atoms with E-state index in [0.717, 1.165) is 6.07 Å². The van der Waals surface area contributed by atoms with Gasteiger partial charge in [0, 0.05) is 30.4 Å². The number of halogens is 2. The number of nitrogens with one attached hydrogen (secondary N) is 1. The predicted octanol–water partition coefficient (Wildman–Crippen LogP) is 2.77. The van der Waals surface area contributed by atoms with E-state index in [-0.39, 0.29) is 6.54 Å². The van der Waals surface area contributed by atoms with Crippen molar-refractivity contribution in [3.05, 3.63) is 47.7 Å². The molecule has 0 spiro atoms. The van der Waals surface area contributed by atoms with Crippen molar-refractivity contribution < 1.29 is 13.5 Å². The van der Waals surface area contributed by atoms with Crippen LogP contribution in [0.4, 0.5) is 14.7 Å². The summed E-state index contributed by atoms with van der Waals surface area (Å²) in [6.07, 6.45) is 1.54. The molecule has 0 saturated carbocycles. The average Bonchev–Trinajstić information content (AvgIpc) is 2.38. The van der Waals surface area contributed by atoms with E-state index in [2.05, 4.69) is 15.3 Å². The van der Waals surface area contributed by atoms with Crippen LogP contribution in [0, 0.1) is 11.6 Å². The molecular weight excluding hydrogens is 252 g/mol. The second-order valence-corrected chi connectivity index (χ2v) is 3.74. The fourth-order valence-corrected chi connectivity index (χ4v) is 1.49. The number of nitrogens with zero attached hydrogens (tertiary/aromatic N) is 2. The molecule has 2 aromatic rings. The molecule has 0 saturated heterocycles. The van der Waals surface area contributed by atoms with Crippen LogP contribution in [-0.4, -0.2) is 16.6 Å². The summed E-state index contributed by atoms with van der Waals surface area (Å²) in [6.45, 7) is 2.52. The standard InChI is InChI=1S/C13H13F2N3O/c1-2-19-12-5-6-16-13(18-12)17-8-9-3-4-10(14)7-11(9)15/h3-7H,2,8H2,1H3,(H,16,17,18). The monoisotopic (exact) mass is 265 g/mol. The highest BCUT2D eigenvalue weighted by atomic mass is 19.1. The third kappa shape index (κ3) is 3.61. The SMILES string of the molecule is CCOc1ccnc(NCc2ccc(F)cc2F)n1. The lowest BCUT2D eigenvalue weighted by Gasteiger charge is -2.07. The summed E-state index contributed by atoms with van der Waals surface area (Å²) in [4.78, 5) is 8.07. The van der Waals surface area contributed by atoms with Gasteiger partial charge in [0.15, 0.2) is 0 Å². The summed E-state index contributed by atoms with van der Waals surface area (Å²) >= 11 is 0. The molecule has 19 heavy (non-hydrogen) atoms. The van der Waals surface area contributed by atoms with Crippen molar-refractivity contribution in [1.29, 1.82) is 0 Å². The Balaban J connectivity index is 2.03. The molecule has 0 aliphatic heterocycles. The molecule has 0 aliphatic rings. The van der Waals surface area contributed by atoms with Gasteiger partial charge in [0.1, 0.15) is 11.6 Å². The molecule has 0 radical (unpaired) electrons. The largest absolute Gasteiger partial charge is 0.478 e. The fourth-order valence-electron chi connectivity index (χ4n) is 1.49. The Morgan fingerprint density at radius 3 is 2.84 bits per heavy atom. The van der Waals surface area contributed by atoms with Crippen molar-refractivity contribution >= 4 is 5.95 Å². The van der Waals surface area contributed by atoms with Gasteiger partial charge in [0.2, 0.25) is 11.8 Å². The van der Waals surface area contributed by atoms with Crippen molar-refractivity contribution in [3.63, 3.8) is 0 Å². The lowest BCUT2D eigenvalue weighted by atomic mass is 10.2. The molecule has 1 aromatic carbocycles. The predicted molar refractivity (Wildman–Crippen MR) is 66.9 cm³/mol. The lowest BCUT2D eigenvalue weighted by Crippen LogP contribution is -2.06. The number of aromatic nitrogens is 2. The maximum Gasteiger partial charge on any atom is 0.226 e. The van der Waals surface area contributed by atoms with Crippen LogP contribution >= 0.6 is 0 Å². The van der Waals surface area contributed by atoms with Gasteiger partial charge in [-0.05, 0) is 13.0 Å². The first-order valence-electron chi connectivity index (χ1n) is 5.82. The molecule has 0 atom stereocenters. The van der Waals surface area contributed by atoms with Crippen LogP contribution in [0.15, 0.2) is 30.5 Å².